The van der Waals surface area contributed by atoms with Crippen molar-refractivity contribution in [2.75, 3.05) is 0 Å². The number of nitrogens with zero attached hydrogens (tertiary/aromatic N) is 2. The summed E-state index contributed by atoms with van der Waals surface area (Å²) >= 11 is 0. The van der Waals surface area contributed by atoms with Crippen LogP contribution in [-0.4, -0.2) is 9.55 Å². The molecule has 0 spiro atoms. The van der Waals surface area contributed by atoms with Gasteiger partial charge in [0.25, 0.3) is 0 Å². The molecule has 0 aliphatic carbocycles. The highest BCUT2D eigenvalue weighted by Gasteiger charge is 2.11. The molecule has 0 saturated heterocycles. The Balaban J connectivity index is 2.37. The van der Waals surface area contributed by atoms with E-state index < -0.39 is 0 Å². The van der Waals surface area contributed by atoms with E-state index in [1.54, 1.807) is 0 Å². The predicted octanol–water partition coefficient (Wildman–Crippen LogP) is 2.09. The van der Waals surface area contributed by atoms with Crippen molar-refractivity contribution in [1.82, 2.24) is 9.55 Å². The summed E-state index contributed by atoms with van der Waals surface area (Å²) in [7, 11) is 2.04. The molecule has 0 aliphatic rings. The topological polar surface area (TPSA) is 43.8 Å². The van der Waals surface area contributed by atoms with E-state index in [0.717, 1.165) is 17.9 Å². The zero-order valence-corrected chi connectivity index (χ0v) is 10.7. The lowest BCUT2D eigenvalue weighted by Crippen LogP contribution is -2.07. The van der Waals surface area contributed by atoms with Crippen LogP contribution in [0.4, 0.5) is 0 Å². The summed E-state index contributed by atoms with van der Waals surface area (Å²) in [4.78, 5) is 4.49. The van der Waals surface area contributed by atoms with Crippen LogP contribution in [-0.2, 0) is 20.0 Å². The molecular weight excluding hydrogens is 210 g/mol. The first-order valence-corrected chi connectivity index (χ1v) is 5.89. The number of aromatic nitrogens is 2. The maximum Gasteiger partial charge on any atom is 0.122 e. The number of benzene rings is 1. The summed E-state index contributed by atoms with van der Waals surface area (Å²) < 4.78 is 2.11. The zero-order valence-electron chi connectivity index (χ0n) is 10.7. The largest absolute Gasteiger partial charge is 0.333 e. The molecule has 90 valence electrons. The van der Waals surface area contributed by atoms with Gasteiger partial charge >= 0.3 is 0 Å². The van der Waals surface area contributed by atoms with Gasteiger partial charge in [-0.3, -0.25) is 0 Å². The van der Waals surface area contributed by atoms with Gasteiger partial charge in [0, 0.05) is 19.2 Å². The molecule has 1 heterocycles. The van der Waals surface area contributed by atoms with Gasteiger partial charge in [0.15, 0.2) is 0 Å². The molecule has 0 fully saturated rings. The van der Waals surface area contributed by atoms with Crippen LogP contribution in [0.5, 0.6) is 0 Å². The second-order valence-electron chi connectivity index (χ2n) is 4.43. The maximum absolute atomic E-state index is 5.67. The van der Waals surface area contributed by atoms with Crippen LogP contribution in [0.3, 0.4) is 0 Å². The lowest BCUT2D eigenvalue weighted by molar-refractivity contribution is 0.759. The van der Waals surface area contributed by atoms with E-state index in [1.807, 2.05) is 14.0 Å². The quantitative estimate of drug-likeness (QED) is 0.875. The molecule has 0 saturated carbocycles. The molecule has 3 nitrogen and oxygen atoms in total. The number of hydrogen-bond acceptors (Lipinski definition) is 2. The molecule has 0 atom stereocenters. The third-order valence-electron chi connectivity index (χ3n) is 3.31. The summed E-state index contributed by atoms with van der Waals surface area (Å²) in [6, 6.07) is 8.47. The fraction of sp³-hybridized carbons (Fsp3) is 0.357. The van der Waals surface area contributed by atoms with Gasteiger partial charge in [-0.25, -0.2) is 4.98 Å². The monoisotopic (exact) mass is 229 g/mol. The Morgan fingerprint density at radius 3 is 2.53 bits per heavy atom. The molecule has 2 N–H and O–H groups in total. The Morgan fingerprint density at radius 1 is 1.24 bits per heavy atom. The average molecular weight is 229 g/mol. The highest BCUT2D eigenvalue weighted by molar-refractivity contribution is 5.31. The average Bonchev–Trinajstić information content (AvgIpc) is 2.59. The van der Waals surface area contributed by atoms with Crippen molar-refractivity contribution in [2.24, 2.45) is 12.8 Å². The molecule has 1 aromatic carbocycles. The van der Waals surface area contributed by atoms with Crippen LogP contribution < -0.4 is 5.73 Å². The van der Waals surface area contributed by atoms with Gasteiger partial charge in [0.2, 0.25) is 0 Å². The van der Waals surface area contributed by atoms with Gasteiger partial charge in [-0.2, -0.15) is 0 Å². The number of rotatable bonds is 3. The van der Waals surface area contributed by atoms with Gasteiger partial charge in [-0.15, -0.1) is 0 Å². The first kappa shape index (κ1) is 11.9. The fourth-order valence-corrected chi connectivity index (χ4v) is 2.15. The Morgan fingerprint density at radius 2 is 1.94 bits per heavy atom. The molecule has 3 heteroatoms. The second kappa shape index (κ2) is 4.72. The van der Waals surface area contributed by atoms with Gasteiger partial charge < -0.3 is 10.3 Å². The summed E-state index contributed by atoms with van der Waals surface area (Å²) in [5.41, 5.74) is 10.7. The van der Waals surface area contributed by atoms with Gasteiger partial charge in [-0.05, 0) is 25.0 Å². The summed E-state index contributed by atoms with van der Waals surface area (Å²) in [5, 5.41) is 0. The van der Waals surface area contributed by atoms with Crippen LogP contribution in [0.15, 0.2) is 24.3 Å². The van der Waals surface area contributed by atoms with Gasteiger partial charge in [-0.1, -0.05) is 24.3 Å². The predicted molar refractivity (Wildman–Crippen MR) is 69.8 cm³/mol. The third kappa shape index (κ3) is 2.24. The van der Waals surface area contributed by atoms with Gasteiger partial charge in [0.1, 0.15) is 5.82 Å². The van der Waals surface area contributed by atoms with E-state index in [-0.39, 0.29) is 0 Å². The minimum atomic E-state index is 0.491. The SMILES string of the molecule is Cc1ccccc1Cc1c(C)nc(CN)n1C. The molecule has 0 amide bonds. The summed E-state index contributed by atoms with van der Waals surface area (Å²) in [6.45, 7) is 4.68. The standard InChI is InChI=1S/C14H19N3/c1-10-6-4-5-7-12(10)8-13-11(2)16-14(9-15)17(13)3/h4-7H,8-9,15H2,1-3H3. The number of imidazole rings is 1. The van der Waals surface area contributed by atoms with Gasteiger partial charge in [0.05, 0.1) is 12.2 Å². The van der Waals surface area contributed by atoms with E-state index in [1.165, 1.54) is 16.8 Å². The molecule has 0 radical (unpaired) electrons. The Kier molecular flexibility index (Phi) is 3.29. The smallest absolute Gasteiger partial charge is 0.122 e. The lowest BCUT2D eigenvalue weighted by atomic mass is 10.0. The minimum Gasteiger partial charge on any atom is -0.333 e. The van der Waals surface area contributed by atoms with Crippen LogP contribution in [0.25, 0.3) is 0 Å². The number of nitrogens with two attached hydrogens (primary N) is 1. The van der Waals surface area contributed by atoms with Crippen molar-refractivity contribution in [2.45, 2.75) is 26.8 Å². The maximum atomic E-state index is 5.67. The molecule has 1 aromatic heterocycles. The molecule has 0 aliphatic heterocycles. The molecule has 0 bridgehead atoms. The highest BCUT2D eigenvalue weighted by atomic mass is 15.1. The Labute approximate surface area is 102 Å². The first-order chi connectivity index (χ1) is 8.13. The molecule has 2 rings (SSSR count). The van der Waals surface area contributed by atoms with E-state index in [9.17, 15) is 0 Å². The van der Waals surface area contributed by atoms with Crippen molar-refractivity contribution in [3.8, 4) is 0 Å². The van der Waals surface area contributed by atoms with E-state index in [2.05, 4.69) is 40.7 Å². The van der Waals surface area contributed by atoms with E-state index in [4.69, 9.17) is 5.73 Å². The molecule has 2 aromatic rings. The Hall–Kier alpha value is -1.61. The van der Waals surface area contributed by atoms with Crippen molar-refractivity contribution in [1.29, 1.82) is 0 Å². The summed E-state index contributed by atoms with van der Waals surface area (Å²) in [5.74, 6) is 0.950. The molecule has 0 unspecified atom stereocenters. The first-order valence-electron chi connectivity index (χ1n) is 5.89. The zero-order chi connectivity index (χ0) is 12.4. The fourth-order valence-electron chi connectivity index (χ4n) is 2.15. The van der Waals surface area contributed by atoms with Crippen molar-refractivity contribution in [3.05, 3.63) is 52.6 Å². The van der Waals surface area contributed by atoms with Crippen LogP contribution >= 0.6 is 0 Å². The van der Waals surface area contributed by atoms with Crippen molar-refractivity contribution < 1.29 is 0 Å². The van der Waals surface area contributed by atoms with Crippen LogP contribution in [0, 0.1) is 13.8 Å². The number of hydrogen-bond donors (Lipinski definition) is 1. The third-order valence-corrected chi connectivity index (χ3v) is 3.31. The molecular formula is C14H19N3. The normalized spacial score (nSPS) is 10.8. The van der Waals surface area contributed by atoms with Crippen LogP contribution in [0.2, 0.25) is 0 Å². The Bertz CT molecular complexity index is 526. The minimum absolute atomic E-state index is 0.491. The summed E-state index contributed by atoms with van der Waals surface area (Å²) in [6.07, 6.45) is 0.919. The van der Waals surface area contributed by atoms with Crippen molar-refractivity contribution >= 4 is 0 Å². The molecule has 17 heavy (non-hydrogen) atoms. The van der Waals surface area contributed by atoms with Crippen LogP contribution in [0.1, 0.15) is 28.3 Å². The number of aryl methyl sites for hydroxylation is 2. The lowest BCUT2D eigenvalue weighted by Gasteiger charge is -2.08. The highest BCUT2D eigenvalue weighted by Crippen LogP contribution is 2.17. The van der Waals surface area contributed by atoms with E-state index in [0.29, 0.717) is 6.54 Å². The van der Waals surface area contributed by atoms with Crippen molar-refractivity contribution in [3.63, 3.8) is 0 Å². The van der Waals surface area contributed by atoms with E-state index >= 15 is 0 Å². The second-order valence-corrected chi connectivity index (χ2v) is 4.43.